The zero-order chi connectivity index (χ0) is 12.3. The van der Waals surface area contributed by atoms with Crippen molar-refractivity contribution >= 4 is 0 Å². The summed E-state index contributed by atoms with van der Waals surface area (Å²) in [6.45, 7) is 6.64. The Balaban J connectivity index is 1.76. The summed E-state index contributed by atoms with van der Waals surface area (Å²) in [6, 6.07) is 10.4. The lowest BCUT2D eigenvalue weighted by molar-refractivity contribution is 0.335. The van der Waals surface area contributed by atoms with Gasteiger partial charge in [0, 0.05) is 19.1 Å². The van der Waals surface area contributed by atoms with Crippen LogP contribution in [0.15, 0.2) is 30.3 Å². The van der Waals surface area contributed by atoms with Crippen molar-refractivity contribution in [3.8, 4) is 0 Å². The molecule has 1 aromatic carbocycles. The van der Waals surface area contributed by atoms with Gasteiger partial charge in [0.2, 0.25) is 0 Å². The van der Waals surface area contributed by atoms with Crippen LogP contribution in [0.4, 0.5) is 0 Å². The summed E-state index contributed by atoms with van der Waals surface area (Å²) in [5.41, 5.74) is 7.94. The Kier molecular flexibility index (Phi) is 3.85. The molecule has 2 nitrogen and oxygen atoms in total. The van der Waals surface area contributed by atoms with Gasteiger partial charge in [-0.25, -0.2) is 0 Å². The van der Waals surface area contributed by atoms with Crippen LogP contribution in [0.3, 0.4) is 0 Å². The maximum Gasteiger partial charge on any atom is 0.0421 e. The molecule has 0 spiro atoms. The van der Waals surface area contributed by atoms with E-state index in [-0.39, 0.29) is 6.04 Å². The van der Waals surface area contributed by atoms with Crippen LogP contribution in [-0.4, -0.2) is 13.1 Å². The lowest BCUT2D eigenvalue weighted by Crippen LogP contribution is -2.33. The average Bonchev–Trinajstić information content (AvgIpc) is 3.11. The second-order valence-electron chi connectivity index (χ2n) is 5.67. The van der Waals surface area contributed by atoms with Crippen molar-refractivity contribution in [3.63, 3.8) is 0 Å². The molecular formula is C15H24N2. The first-order valence-electron chi connectivity index (χ1n) is 6.65. The van der Waals surface area contributed by atoms with Crippen LogP contribution in [0, 0.1) is 11.3 Å². The highest BCUT2D eigenvalue weighted by molar-refractivity contribution is 5.18. The molecule has 0 heterocycles. The summed E-state index contributed by atoms with van der Waals surface area (Å²) in [7, 11) is 0. The second-order valence-corrected chi connectivity index (χ2v) is 5.67. The van der Waals surface area contributed by atoms with E-state index in [1.165, 1.54) is 18.4 Å². The molecule has 94 valence electrons. The van der Waals surface area contributed by atoms with E-state index in [0.717, 1.165) is 19.0 Å². The predicted octanol–water partition coefficient (Wildman–Crippen LogP) is 2.71. The molecule has 1 unspecified atom stereocenters. The van der Waals surface area contributed by atoms with Gasteiger partial charge in [0.1, 0.15) is 0 Å². The van der Waals surface area contributed by atoms with Crippen LogP contribution < -0.4 is 11.1 Å². The molecule has 1 aliphatic rings. The van der Waals surface area contributed by atoms with Crippen LogP contribution in [0.2, 0.25) is 0 Å². The molecule has 1 aromatic rings. The molecule has 0 aliphatic heterocycles. The monoisotopic (exact) mass is 232 g/mol. The van der Waals surface area contributed by atoms with E-state index < -0.39 is 0 Å². The van der Waals surface area contributed by atoms with Gasteiger partial charge in [-0.2, -0.15) is 0 Å². The molecule has 17 heavy (non-hydrogen) atoms. The molecule has 2 rings (SSSR count). The summed E-state index contributed by atoms with van der Waals surface area (Å²) in [6.07, 6.45) is 2.75. The maximum absolute atomic E-state index is 6.16. The number of benzene rings is 1. The maximum atomic E-state index is 6.16. The van der Waals surface area contributed by atoms with E-state index in [0.29, 0.717) is 5.41 Å². The van der Waals surface area contributed by atoms with E-state index in [1.54, 1.807) is 0 Å². The fourth-order valence-corrected chi connectivity index (χ4v) is 2.41. The van der Waals surface area contributed by atoms with Crippen LogP contribution in [0.25, 0.3) is 0 Å². The fourth-order valence-electron chi connectivity index (χ4n) is 2.41. The van der Waals surface area contributed by atoms with Gasteiger partial charge in [0.25, 0.3) is 0 Å². The summed E-state index contributed by atoms with van der Waals surface area (Å²) < 4.78 is 0. The standard InChI is InChI=1S/C15H24N2/c1-12(2)15(8-9-15)11-17-10-14(16)13-6-4-3-5-7-13/h3-7,12,14,17H,8-11,16H2,1-2H3. The van der Waals surface area contributed by atoms with Crippen LogP contribution in [0.1, 0.15) is 38.3 Å². The zero-order valence-corrected chi connectivity index (χ0v) is 10.9. The van der Waals surface area contributed by atoms with Gasteiger partial charge >= 0.3 is 0 Å². The number of nitrogens with one attached hydrogen (secondary N) is 1. The van der Waals surface area contributed by atoms with Gasteiger partial charge in [-0.05, 0) is 29.7 Å². The second kappa shape index (κ2) is 5.19. The third kappa shape index (κ3) is 3.08. The molecule has 1 fully saturated rings. The van der Waals surface area contributed by atoms with E-state index in [1.807, 2.05) is 18.2 Å². The number of nitrogens with two attached hydrogens (primary N) is 1. The largest absolute Gasteiger partial charge is 0.323 e. The molecule has 1 saturated carbocycles. The van der Waals surface area contributed by atoms with Gasteiger partial charge in [-0.3, -0.25) is 0 Å². The van der Waals surface area contributed by atoms with Crippen molar-refractivity contribution < 1.29 is 0 Å². The molecule has 0 bridgehead atoms. The first kappa shape index (κ1) is 12.6. The first-order valence-corrected chi connectivity index (χ1v) is 6.65. The Hall–Kier alpha value is -0.860. The minimum atomic E-state index is 0.110. The van der Waals surface area contributed by atoms with Crippen molar-refractivity contribution in [2.75, 3.05) is 13.1 Å². The molecule has 0 aromatic heterocycles. The fraction of sp³-hybridized carbons (Fsp3) is 0.600. The summed E-state index contributed by atoms with van der Waals surface area (Å²) >= 11 is 0. The highest BCUT2D eigenvalue weighted by atomic mass is 14.9. The molecule has 0 radical (unpaired) electrons. The highest BCUT2D eigenvalue weighted by Gasteiger charge is 2.44. The Morgan fingerprint density at radius 2 is 1.88 bits per heavy atom. The van der Waals surface area contributed by atoms with Crippen LogP contribution >= 0.6 is 0 Å². The smallest absolute Gasteiger partial charge is 0.0421 e. The molecule has 1 aliphatic carbocycles. The minimum Gasteiger partial charge on any atom is -0.323 e. The Morgan fingerprint density at radius 1 is 1.24 bits per heavy atom. The molecular weight excluding hydrogens is 208 g/mol. The SMILES string of the molecule is CC(C)C1(CNCC(N)c2ccccc2)CC1. The van der Waals surface area contributed by atoms with Gasteiger partial charge in [0.05, 0.1) is 0 Å². The van der Waals surface area contributed by atoms with Crippen molar-refractivity contribution in [3.05, 3.63) is 35.9 Å². The van der Waals surface area contributed by atoms with Gasteiger partial charge in [-0.15, -0.1) is 0 Å². The number of hydrogen-bond donors (Lipinski definition) is 2. The molecule has 3 N–H and O–H groups in total. The minimum absolute atomic E-state index is 0.110. The van der Waals surface area contributed by atoms with Gasteiger partial charge in [0.15, 0.2) is 0 Å². The predicted molar refractivity (Wildman–Crippen MR) is 72.7 cm³/mol. The van der Waals surface area contributed by atoms with E-state index in [9.17, 15) is 0 Å². The highest BCUT2D eigenvalue weighted by Crippen LogP contribution is 2.51. The van der Waals surface area contributed by atoms with Gasteiger partial charge < -0.3 is 11.1 Å². The van der Waals surface area contributed by atoms with Crippen molar-refractivity contribution in [1.82, 2.24) is 5.32 Å². The van der Waals surface area contributed by atoms with E-state index >= 15 is 0 Å². The average molecular weight is 232 g/mol. The summed E-state index contributed by atoms with van der Waals surface area (Å²) in [5.74, 6) is 0.781. The molecule has 0 saturated heterocycles. The van der Waals surface area contributed by atoms with Crippen LogP contribution in [-0.2, 0) is 0 Å². The van der Waals surface area contributed by atoms with E-state index in [4.69, 9.17) is 5.73 Å². The third-order valence-electron chi connectivity index (χ3n) is 4.19. The molecule has 2 heteroatoms. The quantitative estimate of drug-likeness (QED) is 0.791. The first-order chi connectivity index (χ1) is 8.14. The van der Waals surface area contributed by atoms with Crippen LogP contribution in [0.5, 0.6) is 0 Å². The lowest BCUT2D eigenvalue weighted by atomic mass is 9.92. The summed E-state index contributed by atoms with van der Waals surface area (Å²) in [5, 5.41) is 3.54. The zero-order valence-electron chi connectivity index (χ0n) is 10.9. The lowest BCUT2D eigenvalue weighted by Gasteiger charge is -2.21. The van der Waals surface area contributed by atoms with Gasteiger partial charge in [-0.1, -0.05) is 44.2 Å². The normalized spacial score (nSPS) is 19.3. The third-order valence-corrected chi connectivity index (χ3v) is 4.19. The Morgan fingerprint density at radius 3 is 2.41 bits per heavy atom. The Labute approximate surface area is 105 Å². The molecule has 0 amide bonds. The Bertz CT molecular complexity index is 341. The van der Waals surface area contributed by atoms with Crippen molar-refractivity contribution in [1.29, 1.82) is 0 Å². The number of rotatable bonds is 6. The number of hydrogen-bond acceptors (Lipinski definition) is 2. The topological polar surface area (TPSA) is 38.0 Å². The molecule has 1 atom stereocenters. The van der Waals surface area contributed by atoms with E-state index in [2.05, 4.69) is 31.3 Å². The summed E-state index contributed by atoms with van der Waals surface area (Å²) in [4.78, 5) is 0. The van der Waals surface area contributed by atoms with Crippen molar-refractivity contribution in [2.45, 2.75) is 32.7 Å². The van der Waals surface area contributed by atoms with Crippen molar-refractivity contribution in [2.24, 2.45) is 17.1 Å².